The third kappa shape index (κ3) is 29.0. The second kappa shape index (κ2) is 22.0. The predicted octanol–water partition coefficient (Wildman–Crippen LogP) is 5.23. The molecule has 2 aliphatic heterocycles. The van der Waals surface area contributed by atoms with Crippen LogP contribution < -0.4 is 0 Å². The van der Waals surface area contributed by atoms with Crippen molar-refractivity contribution in [3.8, 4) is 0 Å². The highest BCUT2D eigenvalue weighted by atomic mass is 127. The molecule has 0 saturated carbocycles. The lowest BCUT2D eigenvalue weighted by molar-refractivity contribution is -0.175. The first-order chi connectivity index (χ1) is 11.2. The highest BCUT2D eigenvalue weighted by Gasteiger charge is 2.19. The van der Waals surface area contributed by atoms with Crippen molar-refractivity contribution >= 4 is 35.9 Å². The Labute approximate surface area is 174 Å². The average molecular weight is 473 g/mol. The summed E-state index contributed by atoms with van der Waals surface area (Å²) < 4.78 is 0. The van der Waals surface area contributed by atoms with Crippen molar-refractivity contribution in [3.05, 3.63) is 0 Å². The van der Waals surface area contributed by atoms with E-state index >= 15 is 0 Å². The van der Waals surface area contributed by atoms with Gasteiger partial charge in [0.25, 0.3) is 0 Å². The first kappa shape index (κ1) is 32.6. The highest BCUT2D eigenvalue weighted by molar-refractivity contribution is 14.0. The molecule has 1 fully saturated rings. The lowest BCUT2D eigenvalue weighted by atomic mass is 10.1. The lowest BCUT2D eigenvalue weighted by Gasteiger charge is -2.31. The number of rotatable bonds is 2. The number of aliphatic hydroxyl groups is 1. The van der Waals surface area contributed by atoms with Crippen LogP contribution in [0.15, 0.2) is 9.98 Å². The zero-order chi connectivity index (χ0) is 19.6. The van der Waals surface area contributed by atoms with Gasteiger partial charge in [0.1, 0.15) is 0 Å². The summed E-state index contributed by atoms with van der Waals surface area (Å²) in [6.45, 7) is 20.0. The Hall–Kier alpha value is -0.0500. The number of hydrogen-bond acceptors (Lipinski definition) is 5. The smallest absolute Gasteiger partial charge is 0.0589 e. The molecule has 2 aliphatic rings. The summed E-state index contributed by atoms with van der Waals surface area (Å²) in [5.74, 6) is 0. The molecule has 0 amide bonds. The van der Waals surface area contributed by atoms with Gasteiger partial charge in [-0.25, -0.2) is 0 Å². The molecular formula is C19H44IN3O2. The zero-order valence-electron chi connectivity index (χ0n) is 18.0. The van der Waals surface area contributed by atoms with E-state index in [0.29, 0.717) is 6.04 Å². The predicted molar refractivity (Wildman–Crippen MR) is 123 cm³/mol. The van der Waals surface area contributed by atoms with Crippen molar-refractivity contribution in [1.82, 2.24) is 5.06 Å². The number of nitrogens with zero attached hydrogens (tertiary/aromatic N) is 3. The van der Waals surface area contributed by atoms with Crippen molar-refractivity contribution in [2.24, 2.45) is 9.98 Å². The van der Waals surface area contributed by atoms with Crippen molar-refractivity contribution in [2.45, 2.75) is 93.2 Å². The molecule has 0 aromatic rings. The van der Waals surface area contributed by atoms with E-state index in [2.05, 4.69) is 16.9 Å². The molecule has 0 bridgehead atoms. The minimum absolute atomic E-state index is 0. The van der Waals surface area contributed by atoms with Crippen LogP contribution in [0.25, 0.3) is 0 Å². The Morgan fingerprint density at radius 1 is 1.16 bits per heavy atom. The standard InChI is InChI=1S/C7H12N2.C4H9NO.C4H10O.2C2H6.HI/c1-2-3-7-6-8-4-5-9-7;1-4-2-3-5(4)6;1-4(2,3)5;2*1-2;/h6H,2-5H2,1H3;4,6H,2-3H2,1H3;5H,1-3H3;2*1-2H3;1H. The highest BCUT2D eigenvalue weighted by Crippen LogP contribution is 2.11. The minimum Gasteiger partial charge on any atom is -0.391 e. The second-order valence-corrected chi connectivity index (χ2v) is 6.13. The van der Waals surface area contributed by atoms with E-state index in [-0.39, 0.29) is 24.0 Å². The first-order valence-corrected chi connectivity index (χ1v) is 9.45. The third-order valence-electron chi connectivity index (χ3n) is 2.58. The molecule has 25 heavy (non-hydrogen) atoms. The van der Waals surface area contributed by atoms with Gasteiger partial charge in [0.15, 0.2) is 0 Å². The fourth-order valence-electron chi connectivity index (χ4n) is 1.36. The van der Waals surface area contributed by atoms with Crippen LogP contribution in [0.5, 0.6) is 0 Å². The van der Waals surface area contributed by atoms with Gasteiger partial charge in [-0.3, -0.25) is 9.98 Å². The van der Waals surface area contributed by atoms with Crippen LogP contribution in [0.3, 0.4) is 0 Å². The van der Waals surface area contributed by atoms with Crippen LogP contribution in [-0.2, 0) is 0 Å². The molecule has 2 heterocycles. The van der Waals surface area contributed by atoms with E-state index in [1.807, 2.05) is 40.8 Å². The number of hydroxylamine groups is 2. The van der Waals surface area contributed by atoms with Gasteiger partial charge in [0, 0.05) is 18.8 Å². The van der Waals surface area contributed by atoms with Gasteiger partial charge in [0.05, 0.1) is 24.4 Å². The fraction of sp³-hybridized carbons (Fsp3) is 0.895. The summed E-state index contributed by atoms with van der Waals surface area (Å²) >= 11 is 0. The van der Waals surface area contributed by atoms with Gasteiger partial charge in [-0.15, -0.1) is 24.0 Å². The zero-order valence-corrected chi connectivity index (χ0v) is 20.4. The molecule has 1 atom stereocenters. The van der Waals surface area contributed by atoms with Crippen LogP contribution >= 0.6 is 24.0 Å². The maximum absolute atomic E-state index is 8.55. The van der Waals surface area contributed by atoms with E-state index in [9.17, 15) is 0 Å². The van der Waals surface area contributed by atoms with Crippen molar-refractivity contribution < 1.29 is 10.3 Å². The van der Waals surface area contributed by atoms with Crippen molar-refractivity contribution in [1.29, 1.82) is 0 Å². The molecule has 0 aliphatic carbocycles. The van der Waals surface area contributed by atoms with E-state index in [4.69, 9.17) is 10.3 Å². The summed E-state index contributed by atoms with van der Waals surface area (Å²) in [7, 11) is 0. The Morgan fingerprint density at radius 3 is 1.80 bits per heavy atom. The molecule has 1 unspecified atom stereocenters. The molecule has 154 valence electrons. The van der Waals surface area contributed by atoms with E-state index in [1.54, 1.807) is 20.8 Å². The monoisotopic (exact) mass is 473 g/mol. The van der Waals surface area contributed by atoms with E-state index in [0.717, 1.165) is 32.5 Å². The maximum atomic E-state index is 8.55. The Bertz CT molecular complexity index is 302. The molecule has 0 aromatic carbocycles. The second-order valence-electron chi connectivity index (χ2n) is 6.13. The molecular weight excluding hydrogens is 429 g/mol. The fourth-order valence-corrected chi connectivity index (χ4v) is 1.36. The molecule has 0 radical (unpaired) electrons. The summed E-state index contributed by atoms with van der Waals surface area (Å²) in [6, 6.07) is 0.421. The molecule has 6 heteroatoms. The summed E-state index contributed by atoms with van der Waals surface area (Å²) in [5.41, 5.74) is 0.670. The molecule has 0 aromatic heterocycles. The van der Waals surface area contributed by atoms with Crippen LogP contribution in [0, 0.1) is 0 Å². The first-order valence-electron chi connectivity index (χ1n) is 9.45. The summed E-state index contributed by atoms with van der Waals surface area (Å²) in [5, 5.41) is 18.4. The van der Waals surface area contributed by atoms with Gasteiger partial charge in [0.2, 0.25) is 0 Å². The van der Waals surface area contributed by atoms with Crippen LogP contribution in [-0.4, -0.2) is 58.6 Å². The Morgan fingerprint density at radius 2 is 1.60 bits per heavy atom. The normalized spacial score (nSPS) is 17.9. The molecule has 0 spiro atoms. The minimum atomic E-state index is -0.500. The van der Waals surface area contributed by atoms with E-state index in [1.165, 1.54) is 17.2 Å². The lowest BCUT2D eigenvalue weighted by Crippen LogP contribution is -2.42. The van der Waals surface area contributed by atoms with Gasteiger partial charge in [-0.05, 0) is 40.5 Å². The topological polar surface area (TPSA) is 68.4 Å². The van der Waals surface area contributed by atoms with Gasteiger partial charge in [-0.1, -0.05) is 41.0 Å². The molecule has 2 rings (SSSR count). The number of aliphatic imine (C=N–C) groups is 2. The number of hydrogen-bond donors (Lipinski definition) is 2. The average Bonchev–Trinajstić information content (AvgIpc) is 2.57. The molecule has 2 N–H and O–H groups in total. The van der Waals surface area contributed by atoms with Gasteiger partial charge < -0.3 is 10.3 Å². The quantitative estimate of drug-likeness (QED) is 0.540. The molecule has 1 saturated heterocycles. The molecule has 5 nitrogen and oxygen atoms in total. The van der Waals surface area contributed by atoms with Crippen molar-refractivity contribution in [2.75, 3.05) is 19.6 Å². The van der Waals surface area contributed by atoms with Crippen LogP contribution in [0.2, 0.25) is 0 Å². The third-order valence-corrected chi connectivity index (χ3v) is 2.58. The van der Waals surface area contributed by atoms with Crippen molar-refractivity contribution in [3.63, 3.8) is 0 Å². The van der Waals surface area contributed by atoms with Crippen LogP contribution in [0.4, 0.5) is 0 Å². The summed E-state index contributed by atoms with van der Waals surface area (Å²) in [4.78, 5) is 8.41. The van der Waals surface area contributed by atoms with Gasteiger partial charge >= 0.3 is 0 Å². The van der Waals surface area contributed by atoms with E-state index < -0.39 is 5.60 Å². The Balaban J connectivity index is -0.000000122. The SMILES string of the molecule is CC.CC.CC(C)(C)O.CC1CCN1O.CCCC1=NCCN=C1.I. The Kier molecular flexibility index (Phi) is 28.7. The van der Waals surface area contributed by atoms with Crippen LogP contribution in [0.1, 0.15) is 81.6 Å². The summed E-state index contributed by atoms with van der Waals surface area (Å²) in [6.07, 6.45) is 5.30. The number of halogens is 1. The maximum Gasteiger partial charge on any atom is 0.0589 e. The largest absolute Gasteiger partial charge is 0.391 e. The van der Waals surface area contributed by atoms with Gasteiger partial charge in [-0.2, -0.15) is 5.06 Å².